The molecule has 0 spiro atoms. The maximum atomic E-state index is 5.84. The molecule has 1 atom stereocenters. The van der Waals surface area contributed by atoms with E-state index in [1.54, 1.807) is 21.3 Å². The van der Waals surface area contributed by atoms with Crippen molar-refractivity contribution in [2.45, 2.75) is 45.4 Å². The van der Waals surface area contributed by atoms with E-state index in [-0.39, 0.29) is 6.29 Å². The highest BCUT2D eigenvalue weighted by molar-refractivity contribution is 6.60. The SMILES string of the molecule is CCCC(OC)O[Si](CCC)(OC)OC. The number of hydrogen-bond donors (Lipinski definition) is 0. The molecule has 0 amide bonds. The van der Waals surface area contributed by atoms with Gasteiger partial charge in [0.05, 0.1) is 0 Å². The van der Waals surface area contributed by atoms with Crippen LogP contribution in [-0.2, 0) is 18.0 Å². The zero-order valence-corrected chi connectivity index (χ0v) is 11.5. The molecule has 1 unspecified atom stereocenters. The van der Waals surface area contributed by atoms with Crippen molar-refractivity contribution >= 4 is 8.80 Å². The van der Waals surface area contributed by atoms with Crippen LogP contribution < -0.4 is 0 Å². The minimum Gasteiger partial charge on any atom is -0.377 e. The van der Waals surface area contributed by atoms with E-state index in [0.717, 1.165) is 25.3 Å². The van der Waals surface area contributed by atoms with Crippen LogP contribution in [0.15, 0.2) is 0 Å². The van der Waals surface area contributed by atoms with Gasteiger partial charge in [-0.2, -0.15) is 0 Å². The summed E-state index contributed by atoms with van der Waals surface area (Å²) in [5.41, 5.74) is 0. The van der Waals surface area contributed by atoms with Crippen LogP contribution in [0.5, 0.6) is 0 Å². The summed E-state index contributed by atoms with van der Waals surface area (Å²) < 4.78 is 21.9. The second kappa shape index (κ2) is 8.24. The molecule has 0 saturated carbocycles. The third kappa shape index (κ3) is 5.08. The molecule has 0 aliphatic rings. The lowest BCUT2D eigenvalue weighted by atomic mass is 10.3. The van der Waals surface area contributed by atoms with E-state index < -0.39 is 8.80 Å². The topological polar surface area (TPSA) is 36.9 Å². The predicted molar refractivity (Wildman–Crippen MR) is 61.7 cm³/mol. The average Bonchev–Trinajstić information content (AvgIpc) is 2.27. The Morgan fingerprint density at radius 2 is 1.60 bits per heavy atom. The summed E-state index contributed by atoms with van der Waals surface area (Å²) in [5, 5.41) is 0. The van der Waals surface area contributed by atoms with Crippen LogP contribution in [0.25, 0.3) is 0 Å². The Morgan fingerprint density at radius 3 is 1.93 bits per heavy atom. The Bertz CT molecular complexity index is 150. The summed E-state index contributed by atoms with van der Waals surface area (Å²) in [4.78, 5) is 0. The number of rotatable bonds is 9. The summed E-state index contributed by atoms with van der Waals surface area (Å²) in [6, 6.07) is 0.823. The molecule has 0 N–H and O–H groups in total. The third-order valence-corrected chi connectivity index (χ3v) is 5.25. The van der Waals surface area contributed by atoms with Gasteiger partial charge in [-0.3, -0.25) is 0 Å². The van der Waals surface area contributed by atoms with Crippen LogP contribution in [0, 0.1) is 0 Å². The smallest absolute Gasteiger partial charge is 0.377 e. The van der Waals surface area contributed by atoms with Gasteiger partial charge in [0.1, 0.15) is 0 Å². The average molecular weight is 236 g/mol. The van der Waals surface area contributed by atoms with Gasteiger partial charge in [-0.1, -0.05) is 26.7 Å². The Labute approximate surface area is 94.2 Å². The molecule has 0 heterocycles. The largest absolute Gasteiger partial charge is 0.502 e. The van der Waals surface area contributed by atoms with Crippen molar-refractivity contribution in [1.82, 2.24) is 0 Å². The molecule has 0 aromatic carbocycles. The molecule has 4 nitrogen and oxygen atoms in total. The second-order valence-corrected chi connectivity index (χ2v) is 6.33. The highest BCUT2D eigenvalue weighted by Crippen LogP contribution is 2.20. The Hall–Kier alpha value is 0.0569. The van der Waals surface area contributed by atoms with E-state index >= 15 is 0 Å². The fourth-order valence-corrected chi connectivity index (χ4v) is 3.52. The van der Waals surface area contributed by atoms with Crippen LogP contribution in [0.3, 0.4) is 0 Å². The molecule has 0 rings (SSSR count). The van der Waals surface area contributed by atoms with Gasteiger partial charge in [0.2, 0.25) is 0 Å². The first kappa shape index (κ1) is 15.1. The molecule has 0 aliphatic carbocycles. The first-order chi connectivity index (χ1) is 7.17. The quantitative estimate of drug-likeness (QED) is 0.455. The van der Waals surface area contributed by atoms with E-state index in [1.165, 1.54) is 0 Å². The number of ether oxygens (including phenoxy) is 1. The Balaban J connectivity index is 4.34. The molecule has 0 fully saturated rings. The van der Waals surface area contributed by atoms with Gasteiger partial charge in [0.25, 0.3) is 0 Å². The molecule has 5 heteroatoms. The molecular weight excluding hydrogens is 212 g/mol. The Morgan fingerprint density at radius 1 is 1.00 bits per heavy atom. The summed E-state index contributed by atoms with van der Waals surface area (Å²) in [6.45, 7) is 4.18. The van der Waals surface area contributed by atoms with Gasteiger partial charge in [0.15, 0.2) is 6.29 Å². The molecule has 0 radical (unpaired) electrons. The summed E-state index contributed by atoms with van der Waals surface area (Å²) in [6.07, 6.45) is 2.65. The van der Waals surface area contributed by atoms with E-state index in [9.17, 15) is 0 Å². The third-order valence-electron chi connectivity index (χ3n) is 2.28. The molecule has 0 bridgehead atoms. The van der Waals surface area contributed by atoms with E-state index in [0.29, 0.717) is 0 Å². The molecular formula is C10H24O4Si. The van der Waals surface area contributed by atoms with E-state index in [2.05, 4.69) is 13.8 Å². The van der Waals surface area contributed by atoms with Crippen LogP contribution >= 0.6 is 0 Å². The van der Waals surface area contributed by atoms with E-state index in [4.69, 9.17) is 18.0 Å². The zero-order valence-electron chi connectivity index (χ0n) is 10.5. The van der Waals surface area contributed by atoms with Gasteiger partial charge < -0.3 is 18.0 Å². The summed E-state index contributed by atoms with van der Waals surface area (Å²) >= 11 is 0. The fraction of sp³-hybridized carbons (Fsp3) is 1.00. The van der Waals surface area contributed by atoms with Crippen LogP contribution in [0.2, 0.25) is 6.04 Å². The molecule has 0 aromatic rings. The normalized spacial score (nSPS) is 14.2. The molecule has 0 saturated heterocycles. The van der Waals surface area contributed by atoms with Gasteiger partial charge in [-0.25, -0.2) is 0 Å². The second-order valence-electron chi connectivity index (χ2n) is 3.41. The summed E-state index contributed by atoms with van der Waals surface area (Å²) in [7, 11) is 2.45. The molecule has 0 aromatic heterocycles. The minimum atomic E-state index is -2.49. The van der Waals surface area contributed by atoms with Crippen molar-refractivity contribution in [3.8, 4) is 0 Å². The standard InChI is InChI=1S/C10H24O4Si/c1-6-8-10(11-3)14-15(12-4,13-5)9-7-2/h10H,6-9H2,1-5H3. The highest BCUT2D eigenvalue weighted by Gasteiger charge is 2.40. The van der Waals surface area contributed by atoms with Gasteiger partial charge in [-0.15, -0.1) is 0 Å². The lowest BCUT2D eigenvalue weighted by Crippen LogP contribution is -2.47. The summed E-state index contributed by atoms with van der Waals surface area (Å²) in [5.74, 6) is 0. The van der Waals surface area contributed by atoms with E-state index in [1.807, 2.05) is 0 Å². The predicted octanol–water partition coefficient (Wildman–Crippen LogP) is 2.42. The monoisotopic (exact) mass is 236 g/mol. The van der Waals surface area contributed by atoms with Crippen molar-refractivity contribution in [2.24, 2.45) is 0 Å². The maximum absolute atomic E-state index is 5.84. The first-order valence-electron chi connectivity index (χ1n) is 5.48. The van der Waals surface area contributed by atoms with Crippen molar-refractivity contribution in [1.29, 1.82) is 0 Å². The minimum absolute atomic E-state index is 0.215. The van der Waals surface area contributed by atoms with Crippen LogP contribution in [0.1, 0.15) is 33.1 Å². The lowest BCUT2D eigenvalue weighted by molar-refractivity contribution is -0.0990. The maximum Gasteiger partial charge on any atom is 0.502 e. The van der Waals surface area contributed by atoms with Gasteiger partial charge >= 0.3 is 8.80 Å². The Kier molecular flexibility index (Phi) is 8.27. The van der Waals surface area contributed by atoms with Crippen LogP contribution in [0.4, 0.5) is 0 Å². The molecule has 92 valence electrons. The lowest BCUT2D eigenvalue weighted by Gasteiger charge is -2.30. The molecule has 0 aliphatic heterocycles. The van der Waals surface area contributed by atoms with Gasteiger partial charge in [-0.05, 0) is 6.42 Å². The van der Waals surface area contributed by atoms with Crippen molar-refractivity contribution < 1.29 is 18.0 Å². The van der Waals surface area contributed by atoms with Crippen molar-refractivity contribution in [3.05, 3.63) is 0 Å². The van der Waals surface area contributed by atoms with Crippen molar-refractivity contribution in [3.63, 3.8) is 0 Å². The van der Waals surface area contributed by atoms with Crippen molar-refractivity contribution in [2.75, 3.05) is 21.3 Å². The fourth-order valence-electron chi connectivity index (χ4n) is 1.41. The van der Waals surface area contributed by atoms with Gasteiger partial charge in [0, 0.05) is 27.4 Å². The number of hydrogen-bond acceptors (Lipinski definition) is 4. The zero-order chi connectivity index (χ0) is 11.7. The van der Waals surface area contributed by atoms with Crippen LogP contribution in [-0.4, -0.2) is 36.4 Å². The molecule has 15 heavy (non-hydrogen) atoms. The number of methoxy groups -OCH3 is 1. The highest BCUT2D eigenvalue weighted by atomic mass is 28.4. The first-order valence-corrected chi connectivity index (χ1v) is 7.42.